The minimum Gasteiger partial charge on any atom is -0.481 e. The predicted molar refractivity (Wildman–Crippen MR) is 114 cm³/mol. The number of rotatable bonds is 12. The molecule has 7 N–H and O–H groups in total. The van der Waals surface area contributed by atoms with Crippen LogP contribution in [0, 0.1) is 0 Å². The van der Waals surface area contributed by atoms with Crippen LogP contribution in [0.25, 0.3) is 0 Å². The number of aliphatic carboxylic acids is 3. The molecule has 0 spiro atoms. The van der Waals surface area contributed by atoms with Crippen molar-refractivity contribution in [2.24, 2.45) is 11.5 Å². The third-order valence-corrected chi connectivity index (χ3v) is 3.19. The summed E-state index contributed by atoms with van der Waals surface area (Å²) < 4.78 is 0. The van der Waals surface area contributed by atoms with Crippen LogP contribution in [0.4, 0.5) is 0 Å². The molecule has 0 amide bonds. The molecule has 0 heterocycles. The summed E-state index contributed by atoms with van der Waals surface area (Å²) in [4.78, 5) is 38.4. The van der Waals surface area contributed by atoms with Gasteiger partial charge in [-0.2, -0.15) is 0 Å². The van der Waals surface area contributed by atoms with Gasteiger partial charge < -0.3 is 26.8 Å². The Hall–Kier alpha value is -1.38. The SMILES string of the molecule is CC(=O)O.CC(=O)O.CC(=O)O.CCCCCCCCCCCC(=O)C(N)CN.[Zn]. The summed E-state index contributed by atoms with van der Waals surface area (Å²) in [5, 5.41) is 22.2. The van der Waals surface area contributed by atoms with Crippen LogP contribution in [-0.4, -0.2) is 51.6 Å². The second kappa shape index (κ2) is 32.3. The van der Waals surface area contributed by atoms with Crippen LogP contribution in [0.2, 0.25) is 0 Å². The maximum Gasteiger partial charge on any atom is 0.300 e. The van der Waals surface area contributed by atoms with Crippen molar-refractivity contribution >= 4 is 23.7 Å². The average Bonchev–Trinajstić information content (AvgIpc) is 2.58. The fourth-order valence-corrected chi connectivity index (χ4v) is 1.93. The van der Waals surface area contributed by atoms with Crippen molar-refractivity contribution in [1.29, 1.82) is 0 Å². The monoisotopic (exact) mass is 486 g/mol. The van der Waals surface area contributed by atoms with Crippen LogP contribution in [0.5, 0.6) is 0 Å². The summed E-state index contributed by atoms with van der Waals surface area (Å²) in [6.45, 7) is 5.76. The molecule has 0 aliphatic rings. The topological polar surface area (TPSA) is 181 Å². The first-order valence-corrected chi connectivity index (χ1v) is 9.99. The van der Waals surface area contributed by atoms with E-state index in [1.807, 2.05) is 0 Å². The molecule has 0 aromatic rings. The first-order chi connectivity index (χ1) is 13.4. The number of nitrogens with two attached hydrogens (primary N) is 2. The zero-order valence-electron chi connectivity index (χ0n) is 19.2. The quantitative estimate of drug-likeness (QED) is 0.204. The summed E-state index contributed by atoms with van der Waals surface area (Å²) in [7, 11) is 0. The van der Waals surface area contributed by atoms with Crippen LogP contribution < -0.4 is 11.5 Å². The molecule has 0 rings (SSSR count). The molecule has 0 radical (unpaired) electrons. The number of carbonyl (C=O) groups is 4. The normalized spacial score (nSPS) is 9.67. The van der Waals surface area contributed by atoms with Crippen LogP contribution in [0.15, 0.2) is 0 Å². The first-order valence-electron chi connectivity index (χ1n) is 9.99. The number of carboxylic acids is 3. The van der Waals surface area contributed by atoms with Gasteiger partial charge in [0.15, 0.2) is 5.78 Å². The van der Waals surface area contributed by atoms with E-state index < -0.39 is 23.9 Å². The molecule has 1 unspecified atom stereocenters. The van der Waals surface area contributed by atoms with E-state index in [1.165, 1.54) is 44.9 Å². The summed E-state index contributed by atoms with van der Waals surface area (Å²) in [6, 6.07) is -0.441. The molecule has 10 heteroatoms. The second-order valence-corrected chi connectivity index (χ2v) is 6.44. The zero-order chi connectivity index (χ0) is 23.7. The molecular formula is C20H42N2O7Zn. The Morgan fingerprint density at radius 2 is 0.967 bits per heavy atom. The third kappa shape index (κ3) is 71.6. The molecule has 1 atom stereocenters. The number of hydrogen-bond acceptors (Lipinski definition) is 6. The fourth-order valence-electron chi connectivity index (χ4n) is 1.93. The standard InChI is InChI=1S/C14H30N2O.3C2H4O2.Zn/c1-2-3-4-5-6-7-8-9-10-11-14(17)13(16)12-15;3*1-2(3)4;/h13H,2-12,15-16H2,1H3;3*1H3,(H,3,4);. The minimum atomic E-state index is -0.833. The molecule has 0 fully saturated rings. The molecular weight excluding hydrogens is 446 g/mol. The summed E-state index contributed by atoms with van der Waals surface area (Å²) >= 11 is 0. The van der Waals surface area contributed by atoms with Crippen LogP contribution in [0.3, 0.4) is 0 Å². The molecule has 0 saturated carbocycles. The van der Waals surface area contributed by atoms with Gasteiger partial charge >= 0.3 is 0 Å². The molecule has 0 aliphatic carbocycles. The van der Waals surface area contributed by atoms with E-state index in [4.69, 9.17) is 41.2 Å². The number of Topliss-reactive ketones (excluding diaryl/α,β-unsaturated/α-hetero) is 1. The Morgan fingerprint density at radius 3 is 1.23 bits per heavy atom. The molecule has 0 aromatic heterocycles. The van der Waals surface area contributed by atoms with E-state index in [0.717, 1.165) is 33.6 Å². The van der Waals surface area contributed by atoms with Gasteiger partial charge in [-0.1, -0.05) is 58.3 Å². The van der Waals surface area contributed by atoms with E-state index in [2.05, 4.69) is 6.92 Å². The van der Waals surface area contributed by atoms with E-state index >= 15 is 0 Å². The van der Waals surface area contributed by atoms with Gasteiger partial charge in [0.05, 0.1) is 6.04 Å². The zero-order valence-corrected chi connectivity index (χ0v) is 22.2. The van der Waals surface area contributed by atoms with Crippen molar-refractivity contribution in [1.82, 2.24) is 0 Å². The first kappa shape index (κ1) is 39.1. The van der Waals surface area contributed by atoms with Crippen molar-refractivity contribution in [2.45, 2.75) is 97.9 Å². The Labute approximate surface area is 193 Å². The van der Waals surface area contributed by atoms with Gasteiger partial charge in [0, 0.05) is 53.2 Å². The molecule has 0 saturated heterocycles. The van der Waals surface area contributed by atoms with Gasteiger partial charge in [0.25, 0.3) is 17.9 Å². The second-order valence-electron chi connectivity index (χ2n) is 6.44. The number of carboxylic acid groups (broad SMARTS) is 3. The smallest absolute Gasteiger partial charge is 0.300 e. The Balaban J connectivity index is -0.000000131. The van der Waals surface area contributed by atoms with E-state index in [1.54, 1.807) is 0 Å². The van der Waals surface area contributed by atoms with Gasteiger partial charge in [-0.15, -0.1) is 0 Å². The number of ketones is 1. The Bertz CT molecular complexity index is 381. The van der Waals surface area contributed by atoms with E-state index in [9.17, 15) is 4.79 Å². The van der Waals surface area contributed by atoms with Crippen LogP contribution >= 0.6 is 0 Å². The van der Waals surface area contributed by atoms with Crippen LogP contribution in [-0.2, 0) is 38.7 Å². The third-order valence-electron chi connectivity index (χ3n) is 3.19. The van der Waals surface area contributed by atoms with Gasteiger partial charge in [-0.25, -0.2) is 0 Å². The number of unbranched alkanes of at least 4 members (excludes halogenated alkanes) is 8. The van der Waals surface area contributed by atoms with Crippen molar-refractivity contribution in [2.75, 3.05) is 6.54 Å². The van der Waals surface area contributed by atoms with Gasteiger partial charge in [-0.3, -0.25) is 19.2 Å². The average molecular weight is 488 g/mol. The molecule has 176 valence electrons. The van der Waals surface area contributed by atoms with E-state index in [0.29, 0.717) is 6.42 Å². The maximum atomic E-state index is 11.4. The molecule has 0 aromatic carbocycles. The molecule has 9 nitrogen and oxygen atoms in total. The summed E-state index contributed by atoms with van der Waals surface area (Å²) in [6.07, 6.45) is 12.0. The predicted octanol–water partition coefficient (Wildman–Crippen LogP) is 3.03. The van der Waals surface area contributed by atoms with Gasteiger partial charge in [-0.05, 0) is 6.42 Å². The molecule has 30 heavy (non-hydrogen) atoms. The fraction of sp³-hybridized carbons (Fsp3) is 0.800. The summed E-state index contributed by atoms with van der Waals surface area (Å²) in [5.74, 6) is -2.38. The van der Waals surface area contributed by atoms with Crippen molar-refractivity contribution in [3.63, 3.8) is 0 Å². The Morgan fingerprint density at radius 1 is 0.700 bits per heavy atom. The van der Waals surface area contributed by atoms with E-state index in [-0.39, 0.29) is 31.8 Å². The number of carbonyl (C=O) groups excluding carboxylic acids is 1. The van der Waals surface area contributed by atoms with Gasteiger partial charge in [0.2, 0.25) is 0 Å². The van der Waals surface area contributed by atoms with Crippen molar-refractivity contribution in [3.05, 3.63) is 0 Å². The number of hydrogen-bond donors (Lipinski definition) is 5. The minimum absolute atomic E-state index is 0. The maximum absolute atomic E-state index is 11.4. The molecule has 0 aliphatic heterocycles. The summed E-state index contributed by atoms with van der Waals surface area (Å²) in [5.41, 5.74) is 10.9. The van der Waals surface area contributed by atoms with Gasteiger partial charge in [0.1, 0.15) is 0 Å². The Kier molecular flexibility index (Phi) is 42.1. The van der Waals surface area contributed by atoms with Crippen molar-refractivity contribution < 1.29 is 54.0 Å². The largest absolute Gasteiger partial charge is 0.481 e. The van der Waals surface area contributed by atoms with Crippen molar-refractivity contribution in [3.8, 4) is 0 Å². The molecule has 0 bridgehead atoms. The van der Waals surface area contributed by atoms with Crippen LogP contribution in [0.1, 0.15) is 91.9 Å².